The van der Waals surface area contributed by atoms with Crippen molar-refractivity contribution in [3.8, 4) is 0 Å². The molecule has 3 nitrogen and oxygen atoms in total. The molecule has 1 aromatic heterocycles. The average molecular weight is 209 g/mol. The van der Waals surface area contributed by atoms with E-state index >= 15 is 0 Å². The highest BCUT2D eigenvalue weighted by atomic mass is 15.2. The van der Waals surface area contributed by atoms with E-state index in [1.165, 1.54) is 0 Å². The quantitative estimate of drug-likeness (QED) is 0.525. The van der Waals surface area contributed by atoms with Crippen molar-refractivity contribution < 1.29 is 4.57 Å². The van der Waals surface area contributed by atoms with Gasteiger partial charge in [0.1, 0.15) is 0 Å². The third-order valence-electron chi connectivity index (χ3n) is 2.68. The molecule has 1 rings (SSSR count). The maximum atomic E-state index is 3.22. The molecule has 0 bridgehead atoms. The minimum Gasteiger partial charge on any atom is -0.354 e. The molecule has 0 saturated carbocycles. The van der Waals surface area contributed by atoms with E-state index in [-0.39, 0.29) is 0 Å². The summed E-state index contributed by atoms with van der Waals surface area (Å²) in [4.78, 5) is 2.49. The van der Waals surface area contributed by atoms with Crippen LogP contribution in [0, 0.1) is 6.33 Å². The predicted octanol–water partition coefficient (Wildman–Crippen LogP) is 1.23. The van der Waals surface area contributed by atoms with Crippen LogP contribution in [0.2, 0.25) is 0 Å². The van der Waals surface area contributed by atoms with Crippen molar-refractivity contribution in [2.75, 3.05) is 6.54 Å². The van der Waals surface area contributed by atoms with Gasteiger partial charge in [-0.15, -0.1) is 0 Å². The molecule has 0 spiro atoms. The van der Waals surface area contributed by atoms with Crippen molar-refractivity contribution in [1.29, 1.82) is 0 Å². The highest BCUT2D eigenvalue weighted by molar-refractivity contribution is 4.70. The normalized spacial score (nSPS) is 12.0. The summed E-state index contributed by atoms with van der Waals surface area (Å²) >= 11 is 0. The number of hydrogen-bond donors (Lipinski definition) is 0. The minimum absolute atomic E-state index is 0.606. The molecule has 0 aliphatic heterocycles. The van der Waals surface area contributed by atoms with Gasteiger partial charge in [0.25, 0.3) is 0 Å². The van der Waals surface area contributed by atoms with Gasteiger partial charge in [-0.05, 0) is 40.1 Å². The second-order valence-corrected chi connectivity index (χ2v) is 4.63. The predicted molar refractivity (Wildman–Crippen MR) is 61.4 cm³/mol. The van der Waals surface area contributed by atoms with E-state index in [9.17, 15) is 0 Å². The summed E-state index contributed by atoms with van der Waals surface area (Å²) in [5.74, 6) is 0. The number of imidazole rings is 1. The molecule has 86 valence electrons. The van der Waals surface area contributed by atoms with Crippen LogP contribution in [0.5, 0.6) is 0 Å². The highest BCUT2D eigenvalue weighted by Gasteiger charge is 2.12. The van der Waals surface area contributed by atoms with E-state index in [1.54, 1.807) is 0 Å². The van der Waals surface area contributed by atoms with Crippen molar-refractivity contribution >= 4 is 0 Å². The zero-order chi connectivity index (χ0) is 11.4. The third-order valence-corrected chi connectivity index (χ3v) is 2.68. The molecule has 0 aliphatic rings. The highest BCUT2D eigenvalue weighted by Crippen LogP contribution is 2.04. The number of aromatic nitrogens is 2. The van der Waals surface area contributed by atoms with Crippen LogP contribution in [0.15, 0.2) is 12.4 Å². The number of nitrogens with zero attached hydrogens (tertiary/aromatic N) is 3. The second-order valence-electron chi connectivity index (χ2n) is 4.63. The molecule has 0 atom stereocenters. The monoisotopic (exact) mass is 209 g/mol. The standard InChI is InChI=1S/C12H23N3/c1-11(2)15(12(3)4)9-8-14-7-6-13(5)10-14/h6-7,11-12H,8-9H2,1-5H3. The molecule has 0 fully saturated rings. The first-order valence-corrected chi connectivity index (χ1v) is 5.70. The van der Waals surface area contributed by atoms with Crippen LogP contribution < -0.4 is 4.57 Å². The fourth-order valence-electron chi connectivity index (χ4n) is 1.91. The Labute approximate surface area is 93.3 Å². The molecule has 0 aliphatic carbocycles. The van der Waals surface area contributed by atoms with E-state index in [0.717, 1.165) is 13.1 Å². The van der Waals surface area contributed by atoms with E-state index < -0.39 is 0 Å². The van der Waals surface area contributed by atoms with Gasteiger partial charge in [-0.3, -0.25) is 4.90 Å². The van der Waals surface area contributed by atoms with Gasteiger partial charge in [-0.25, -0.2) is 0 Å². The molecule has 1 heterocycles. The summed E-state index contributed by atoms with van der Waals surface area (Å²) in [7, 11) is 2.00. The van der Waals surface area contributed by atoms with Crippen molar-refractivity contribution in [1.82, 2.24) is 9.47 Å². The molecule has 3 heteroatoms. The zero-order valence-corrected chi connectivity index (χ0v) is 10.6. The van der Waals surface area contributed by atoms with Crippen molar-refractivity contribution in [3.63, 3.8) is 0 Å². The zero-order valence-electron chi connectivity index (χ0n) is 10.6. The van der Waals surface area contributed by atoms with Gasteiger partial charge in [-0.1, -0.05) is 0 Å². The van der Waals surface area contributed by atoms with E-state index in [0.29, 0.717) is 12.1 Å². The van der Waals surface area contributed by atoms with Gasteiger partial charge in [0.05, 0.1) is 13.6 Å². The molecule has 15 heavy (non-hydrogen) atoms. The summed E-state index contributed by atoms with van der Waals surface area (Å²) in [5.41, 5.74) is 0. The molecule has 0 aromatic carbocycles. The number of aryl methyl sites for hydroxylation is 1. The Morgan fingerprint density at radius 3 is 2.27 bits per heavy atom. The fourth-order valence-corrected chi connectivity index (χ4v) is 1.91. The van der Waals surface area contributed by atoms with E-state index in [1.807, 2.05) is 17.8 Å². The van der Waals surface area contributed by atoms with Crippen LogP contribution in [0.4, 0.5) is 0 Å². The maximum absolute atomic E-state index is 3.22. The largest absolute Gasteiger partial charge is 0.354 e. The molecule has 0 unspecified atom stereocenters. The Balaban J connectivity index is 2.47. The van der Waals surface area contributed by atoms with Gasteiger partial charge in [-0.2, -0.15) is 0 Å². The minimum atomic E-state index is 0.606. The first-order chi connectivity index (χ1) is 7.00. The van der Waals surface area contributed by atoms with Crippen LogP contribution in [0.1, 0.15) is 27.7 Å². The van der Waals surface area contributed by atoms with Crippen LogP contribution in [0.25, 0.3) is 0 Å². The van der Waals surface area contributed by atoms with Crippen molar-refractivity contribution in [3.05, 3.63) is 18.7 Å². The van der Waals surface area contributed by atoms with Gasteiger partial charge in [0.2, 0.25) is 6.33 Å². The van der Waals surface area contributed by atoms with Crippen molar-refractivity contribution in [2.24, 2.45) is 7.05 Å². The Morgan fingerprint density at radius 1 is 1.27 bits per heavy atom. The van der Waals surface area contributed by atoms with Crippen LogP contribution >= 0.6 is 0 Å². The SMILES string of the molecule is CC(C)N(CCn1[c-][n+](C)cc1)C(C)C. The van der Waals surface area contributed by atoms with Crippen molar-refractivity contribution in [2.45, 2.75) is 46.3 Å². The molecule has 0 amide bonds. The Hall–Kier alpha value is -0.830. The third kappa shape index (κ3) is 3.67. The molecular formula is C12H23N3. The van der Waals surface area contributed by atoms with Gasteiger partial charge >= 0.3 is 0 Å². The first kappa shape index (κ1) is 12.2. The lowest BCUT2D eigenvalue weighted by Gasteiger charge is -2.30. The maximum Gasteiger partial charge on any atom is 0.203 e. The summed E-state index contributed by atoms with van der Waals surface area (Å²) in [6.07, 6.45) is 7.31. The molecule has 0 saturated heterocycles. The van der Waals surface area contributed by atoms with E-state index in [2.05, 4.69) is 49.7 Å². The van der Waals surface area contributed by atoms with Crippen LogP contribution in [-0.4, -0.2) is 28.1 Å². The summed E-state index contributed by atoms with van der Waals surface area (Å²) in [5, 5.41) is 0. The molecule has 0 radical (unpaired) electrons. The lowest BCUT2D eigenvalue weighted by molar-refractivity contribution is -0.675. The summed E-state index contributed by atoms with van der Waals surface area (Å²) < 4.78 is 4.06. The topological polar surface area (TPSA) is 12.1 Å². The Kier molecular flexibility index (Phi) is 4.33. The van der Waals surface area contributed by atoms with Gasteiger partial charge in [0.15, 0.2) is 0 Å². The van der Waals surface area contributed by atoms with Crippen LogP contribution in [-0.2, 0) is 13.6 Å². The van der Waals surface area contributed by atoms with Crippen LogP contribution in [0.3, 0.4) is 0 Å². The average Bonchev–Trinajstić information content (AvgIpc) is 2.50. The lowest BCUT2D eigenvalue weighted by Crippen LogP contribution is -2.39. The van der Waals surface area contributed by atoms with E-state index in [4.69, 9.17) is 0 Å². The first-order valence-electron chi connectivity index (χ1n) is 5.70. The summed E-state index contributed by atoms with van der Waals surface area (Å²) in [6.45, 7) is 11.1. The second kappa shape index (κ2) is 5.31. The smallest absolute Gasteiger partial charge is 0.203 e. The fraction of sp³-hybridized carbons (Fsp3) is 0.750. The lowest BCUT2D eigenvalue weighted by atomic mass is 10.2. The summed E-state index contributed by atoms with van der Waals surface area (Å²) in [6, 6.07) is 1.21. The molecule has 1 aromatic rings. The van der Waals surface area contributed by atoms with Gasteiger partial charge in [0, 0.05) is 18.6 Å². The molecule has 0 N–H and O–H groups in total. The Morgan fingerprint density at radius 2 is 1.87 bits per heavy atom. The number of rotatable bonds is 5. The Bertz CT molecular complexity index is 281. The van der Waals surface area contributed by atoms with Gasteiger partial charge < -0.3 is 9.13 Å². The molecular weight excluding hydrogens is 186 g/mol. The number of hydrogen-bond acceptors (Lipinski definition) is 1.